The summed E-state index contributed by atoms with van der Waals surface area (Å²) in [7, 11) is 1.91. The lowest BCUT2D eigenvalue weighted by Crippen LogP contribution is -2.30. The third-order valence-electron chi connectivity index (χ3n) is 2.77. The van der Waals surface area contributed by atoms with E-state index in [1.165, 1.54) is 5.56 Å². The van der Waals surface area contributed by atoms with E-state index in [2.05, 4.69) is 17.4 Å². The quantitative estimate of drug-likeness (QED) is 0.732. The molecule has 94 valence electrons. The minimum Gasteiger partial charge on any atom is -0.339 e. The second-order valence-corrected chi connectivity index (χ2v) is 4.10. The average Bonchev–Trinajstić information content (AvgIpc) is 2.37. The number of rotatable bonds is 7. The lowest BCUT2D eigenvalue weighted by molar-refractivity contribution is -0.131. The molecule has 0 saturated heterocycles. The first kappa shape index (κ1) is 13.7. The van der Waals surface area contributed by atoms with Crippen molar-refractivity contribution in [3.05, 3.63) is 35.9 Å². The molecular weight excluding hydrogens is 212 g/mol. The van der Waals surface area contributed by atoms with Gasteiger partial charge < -0.3 is 10.2 Å². The van der Waals surface area contributed by atoms with Gasteiger partial charge in [0.1, 0.15) is 0 Å². The molecule has 3 nitrogen and oxygen atoms in total. The number of hydrogen-bond acceptors (Lipinski definition) is 2. The fourth-order valence-corrected chi connectivity index (χ4v) is 1.75. The molecular formula is C14H22N2O. The van der Waals surface area contributed by atoms with Crippen LogP contribution in [0.4, 0.5) is 0 Å². The Hall–Kier alpha value is -1.35. The molecule has 3 heteroatoms. The Labute approximate surface area is 104 Å². The normalized spacial score (nSPS) is 10.2. The zero-order chi connectivity index (χ0) is 12.5. The Balaban J connectivity index is 2.45. The predicted octanol–water partition coefficient (Wildman–Crippen LogP) is 2.03. The Morgan fingerprint density at radius 3 is 2.59 bits per heavy atom. The molecule has 1 aromatic rings. The second-order valence-electron chi connectivity index (χ2n) is 4.10. The van der Waals surface area contributed by atoms with Gasteiger partial charge in [0.15, 0.2) is 0 Å². The van der Waals surface area contributed by atoms with Gasteiger partial charge >= 0.3 is 0 Å². The summed E-state index contributed by atoms with van der Waals surface area (Å²) in [4.78, 5) is 13.9. The standard InChI is InChI=1S/C14H22N2O/c1-3-16(14(17)10-7-11-15-2)12-13-8-5-4-6-9-13/h4-6,8-9,15H,3,7,10-12H2,1-2H3. The van der Waals surface area contributed by atoms with Gasteiger partial charge in [-0.3, -0.25) is 4.79 Å². The van der Waals surface area contributed by atoms with Crippen LogP contribution >= 0.6 is 0 Å². The number of nitrogens with one attached hydrogen (secondary N) is 1. The van der Waals surface area contributed by atoms with Crippen LogP contribution in [0, 0.1) is 0 Å². The van der Waals surface area contributed by atoms with Crippen LogP contribution in [0.5, 0.6) is 0 Å². The zero-order valence-electron chi connectivity index (χ0n) is 10.8. The summed E-state index contributed by atoms with van der Waals surface area (Å²) in [6.07, 6.45) is 1.53. The van der Waals surface area contributed by atoms with Crippen molar-refractivity contribution in [2.75, 3.05) is 20.1 Å². The summed E-state index contributed by atoms with van der Waals surface area (Å²) < 4.78 is 0. The first-order valence-corrected chi connectivity index (χ1v) is 6.24. The van der Waals surface area contributed by atoms with E-state index in [0.717, 1.165) is 26.1 Å². The topological polar surface area (TPSA) is 32.3 Å². The minimum atomic E-state index is 0.242. The summed E-state index contributed by atoms with van der Waals surface area (Å²) in [5, 5.41) is 3.06. The van der Waals surface area contributed by atoms with Crippen LogP contribution in [-0.2, 0) is 11.3 Å². The van der Waals surface area contributed by atoms with Crippen molar-refractivity contribution in [1.82, 2.24) is 10.2 Å². The van der Waals surface area contributed by atoms with Gasteiger partial charge in [-0.25, -0.2) is 0 Å². The summed E-state index contributed by atoms with van der Waals surface area (Å²) in [6, 6.07) is 10.1. The van der Waals surface area contributed by atoms with E-state index < -0.39 is 0 Å². The lowest BCUT2D eigenvalue weighted by atomic mass is 10.2. The maximum absolute atomic E-state index is 12.0. The van der Waals surface area contributed by atoms with E-state index in [1.54, 1.807) is 0 Å². The smallest absolute Gasteiger partial charge is 0.222 e. The summed E-state index contributed by atoms with van der Waals surface area (Å²) in [5.74, 6) is 0.242. The molecule has 0 atom stereocenters. The molecule has 0 aliphatic rings. The maximum Gasteiger partial charge on any atom is 0.222 e. The van der Waals surface area contributed by atoms with Crippen LogP contribution in [0.3, 0.4) is 0 Å². The van der Waals surface area contributed by atoms with Crippen molar-refractivity contribution < 1.29 is 4.79 Å². The SMILES string of the molecule is CCN(Cc1ccccc1)C(=O)CCCNC. The third kappa shape index (κ3) is 5.00. The van der Waals surface area contributed by atoms with Gasteiger partial charge in [0.25, 0.3) is 0 Å². The van der Waals surface area contributed by atoms with Gasteiger partial charge in [0.2, 0.25) is 5.91 Å². The highest BCUT2D eigenvalue weighted by Crippen LogP contribution is 2.06. The maximum atomic E-state index is 12.0. The predicted molar refractivity (Wildman–Crippen MR) is 70.7 cm³/mol. The largest absolute Gasteiger partial charge is 0.339 e. The number of amides is 1. The zero-order valence-corrected chi connectivity index (χ0v) is 10.8. The van der Waals surface area contributed by atoms with E-state index in [4.69, 9.17) is 0 Å². The van der Waals surface area contributed by atoms with Crippen molar-refractivity contribution in [3.8, 4) is 0 Å². The molecule has 0 aromatic heterocycles. The monoisotopic (exact) mass is 234 g/mol. The van der Waals surface area contributed by atoms with Crippen LogP contribution in [0.15, 0.2) is 30.3 Å². The third-order valence-corrected chi connectivity index (χ3v) is 2.77. The number of nitrogens with zero attached hydrogens (tertiary/aromatic N) is 1. The molecule has 0 aliphatic carbocycles. The molecule has 0 radical (unpaired) electrons. The first-order chi connectivity index (χ1) is 8.27. The molecule has 1 amide bonds. The van der Waals surface area contributed by atoms with E-state index >= 15 is 0 Å². The van der Waals surface area contributed by atoms with Crippen molar-refractivity contribution in [3.63, 3.8) is 0 Å². The molecule has 0 saturated carbocycles. The Bertz CT molecular complexity index is 324. The first-order valence-electron chi connectivity index (χ1n) is 6.24. The summed E-state index contributed by atoms with van der Waals surface area (Å²) >= 11 is 0. The fraction of sp³-hybridized carbons (Fsp3) is 0.500. The lowest BCUT2D eigenvalue weighted by Gasteiger charge is -2.21. The number of carbonyl (C=O) groups is 1. The van der Waals surface area contributed by atoms with E-state index in [0.29, 0.717) is 6.42 Å². The number of benzene rings is 1. The molecule has 0 fully saturated rings. The highest BCUT2D eigenvalue weighted by molar-refractivity contribution is 5.76. The molecule has 0 aliphatic heterocycles. The summed E-state index contributed by atoms with van der Waals surface area (Å²) in [6.45, 7) is 4.41. The van der Waals surface area contributed by atoms with Crippen molar-refractivity contribution in [1.29, 1.82) is 0 Å². The molecule has 1 rings (SSSR count). The average molecular weight is 234 g/mol. The van der Waals surface area contributed by atoms with Crippen LogP contribution in [0.1, 0.15) is 25.3 Å². The highest BCUT2D eigenvalue weighted by atomic mass is 16.2. The van der Waals surface area contributed by atoms with Crippen molar-refractivity contribution >= 4 is 5.91 Å². The van der Waals surface area contributed by atoms with Crippen LogP contribution in [0.25, 0.3) is 0 Å². The fourth-order valence-electron chi connectivity index (χ4n) is 1.75. The molecule has 1 aromatic carbocycles. The Morgan fingerprint density at radius 2 is 2.00 bits per heavy atom. The van der Waals surface area contributed by atoms with Crippen molar-refractivity contribution in [2.45, 2.75) is 26.3 Å². The van der Waals surface area contributed by atoms with Gasteiger partial charge in [-0.1, -0.05) is 30.3 Å². The molecule has 0 bridgehead atoms. The van der Waals surface area contributed by atoms with Gasteiger partial charge in [0.05, 0.1) is 0 Å². The Kier molecular flexibility index (Phi) is 6.33. The summed E-state index contributed by atoms with van der Waals surface area (Å²) in [5.41, 5.74) is 1.19. The second kappa shape index (κ2) is 7.85. The van der Waals surface area contributed by atoms with E-state index in [-0.39, 0.29) is 5.91 Å². The van der Waals surface area contributed by atoms with Gasteiger partial charge in [-0.05, 0) is 32.5 Å². The molecule has 1 N–H and O–H groups in total. The van der Waals surface area contributed by atoms with Gasteiger partial charge in [-0.2, -0.15) is 0 Å². The van der Waals surface area contributed by atoms with E-state index in [9.17, 15) is 4.79 Å². The van der Waals surface area contributed by atoms with Crippen LogP contribution in [-0.4, -0.2) is 30.9 Å². The molecule has 0 unspecified atom stereocenters. The molecule has 0 heterocycles. The van der Waals surface area contributed by atoms with Crippen LogP contribution in [0.2, 0.25) is 0 Å². The van der Waals surface area contributed by atoms with E-state index in [1.807, 2.05) is 37.1 Å². The Morgan fingerprint density at radius 1 is 1.29 bits per heavy atom. The van der Waals surface area contributed by atoms with Crippen molar-refractivity contribution in [2.24, 2.45) is 0 Å². The van der Waals surface area contributed by atoms with Gasteiger partial charge in [0, 0.05) is 19.5 Å². The number of carbonyl (C=O) groups excluding carboxylic acids is 1. The molecule has 0 spiro atoms. The van der Waals surface area contributed by atoms with Crippen LogP contribution < -0.4 is 5.32 Å². The minimum absolute atomic E-state index is 0.242. The van der Waals surface area contributed by atoms with Gasteiger partial charge in [-0.15, -0.1) is 0 Å². The highest BCUT2D eigenvalue weighted by Gasteiger charge is 2.11. The molecule has 17 heavy (non-hydrogen) atoms. The number of hydrogen-bond donors (Lipinski definition) is 1.